The first kappa shape index (κ1) is 8.53. The number of hydrogen-bond donors (Lipinski definition) is 1. The van der Waals surface area contributed by atoms with E-state index in [1.54, 1.807) is 22.7 Å². The fourth-order valence-corrected chi connectivity index (χ4v) is 2.28. The topological polar surface area (TPSA) is 26.0 Å². The van der Waals surface area contributed by atoms with Crippen molar-refractivity contribution >= 4 is 39.8 Å². The van der Waals surface area contributed by atoms with Gasteiger partial charge in [0.1, 0.15) is 0 Å². The number of rotatable bonds is 2. The van der Waals surface area contributed by atoms with Gasteiger partial charge in [-0.3, -0.25) is 0 Å². The van der Waals surface area contributed by atoms with E-state index in [4.69, 9.17) is 5.73 Å². The van der Waals surface area contributed by atoms with Crippen molar-refractivity contribution in [2.45, 2.75) is 0 Å². The Kier molecular flexibility index (Phi) is 2.47. The standard InChI is InChI=1S/C10H9NS2/c11-10-8(5-7-13-10)3-4-9-2-1-6-12-9/h1-7H,11H2/b4-3+. The van der Waals surface area contributed by atoms with Gasteiger partial charge in [-0.25, -0.2) is 0 Å². The molecule has 2 heterocycles. The lowest BCUT2D eigenvalue weighted by atomic mass is 10.3. The lowest BCUT2D eigenvalue weighted by Crippen LogP contribution is -1.79. The van der Waals surface area contributed by atoms with Gasteiger partial charge in [0.15, 0.2) is 0 Å². The SMILES string of the molecule is Nc1sccc1/C=C/c1cccs1. The molecule has 1 nitrogen and oxygen atoms in total. The summed E-state index contributed by atoms with van der Waals surface area (Å²) in [5.41, 5.74) is 6.86. The molecular formula is C10H9NS2. The van der Waals surface area contributed by atoms with Crippen LogP contribution in [0.5, 0.6) is 0 Å². The number of hydrogen-bond acceptors (Lipinski definition) is 3. The molecule has 0 aliphatic heterocycles. The molecule has 2 rings (SSSR count). The van der Waals surface area contributed by atoms with E-state index in [0.29, 0.717) is 0 Å². The maximum atomic E-state index is 5.75. The van der Waals surface area contributed by atoms with Crippen LogP contribution in [0.3, 0.4) is 0 Å². The van der Waals surface area contributed by atoms with Crippen molar-refractivity contribution in [3.63, 3.8) is 0 Å². The monoisotopic (exact) mass is 207 g/mol. The summed E-state index contributed by atoms with van der Waals surface area (Å²) in [4.78, 5) is 1.26. The van der Waals surface area contributed by atoms with Gasteiger partial charge in [-0.1, -0.05) is 12.1 Å². The Bertz CT molecular complexity index is 398. The minimum atomic E-state index is 0.882. The zero-order valence-corrected chi connectivity index (χ0v) is 8.57. The third-order valence-electron chi connectivity index (χ3n) is 1.70. The van der Waals surface area contributed by atoms with Gasteiger partial charge in [0, 0.05) is 10.4 Å². The van der Waals surface area contributed by atoms with Crippen molar-refractivity contribution < 1.29 is 0 Å². The molecule has 2 aromatic heterocycles. The lowest BCUT2D eigenvalue weighted by Gasteiger charge is -1.88. The Balaban J connectivity index is 2.19. The maximum absolute atomic E-state index is 5.75. The van der Waals surface area contributed by atoms with Gasteiger partial charge < -0.3 is 5.73 Å². The van der Waals surface area contributed by atoms with Crippen LogP contribution >= 0.6 is 22.7 Å². The van der Waals surface area contributed by atoms with Crippen LogP contribution in [-0.2, 0) is 0 Å². The number of nitrogen functional groups attached to an aromatic ring is 1. The molecule has 2 N–H and O–H groups in total. The van der Waals surface area contributed by atoms with Gasteiger partial charge in [0.2, 0.25) is 0 Å². The summed E-state index contributed by atoms with van der Waals surface area (Å²) in [5, 5.41) is 4.95. The number of thiophene rings is 2. The lowest BCUT2D eigenvalue weighted by molar-refractivity contribution is 1.84. The predicted molar refractivity (Wildman–Crippen MR) is 62.0 cm³/mol. The highest BCUT2D eigenvalue weighted by Crippen LogP contribution is 2.22. The van der Waals surface area contributed by atoms with Crippen LogP contribution in [0.15, 0.2) is 29.0 Å². The molecule has 13 heavy (non-hydrogen) atoms. The van der Waals surface area contributed by atoms with Crippen LogP contribution in [0.25, 0.3) is 12.2 Å². The Morgan fingerprint density at radius 1 is 1.08 bits per heavy atom. The largest absolute Gasteiger partial charge is 0.390 e. The maximum Gasteiger partial charge on any atom is 0.0930 e. The van der Waals surface area contributed by atoms with E-state index in [-0.39, 0.29) is 0 Å². The first-order valence-electron chi connectivity index (χ1n) is 3.91. The van der Waals surface area contributed by atoms with Gasteiger partial charge in [-0.05, 0) is 29.0 Å². The number of anilines is 1. The molecule has 0 unspecified atom stereocenters. The van der Waals surface area contributed by atoms with Crippen molar-refractivity contribution in [1.29, 1.82) is 0 Å². The molecule has 0 bridgehead atoms. The van der Waals surface area contributed by atoms with Gasteiger partial charge in [0.05, 0.1) is 5.00 Å². The molecule has 0 aromatic carbocycles. The highest BCUT2D eigenvalue weighted by atomic mass is 32.1. The minimum Gasteiger partial charge on any atom is -0.390 e. The summed E-state index contributed by atoms with van der Waals surface area (Å²) in [6, 6.07) is 6.16. The molecule has 0 aliphatic rings. The Morgan fingerprint density at radius 3 is 2.62 bits per heavy atom. The number of nitrogens with two attached hydrogens (primary N) is 1. The van der Waals surface area contributed by atoms with Crippen LogP contribution in [0.2, 0.25) is 0 Å². The van der Waals surface area contributed by atoms with E-state index in [1.165, 1.54) is 4.88 Å². The van der Waals surface area contributed by atoms with Crippen LogP contribution in [-0.4, -0.2) is 0 Å². The molecule has 0 saturated heterocycles. The van der Waals surface area contributed by atoms with E-state index in [0.717, 1.165) is 10.6 Å². The third kappa shape index (κ3) is 1.99. The van der Waals surface area contributed by atoms with E-state index in [9.17, 15) is 0 Å². The average Bonchev–Trinajstić information content (AvgIpc) is 2.72. The van der Waals surface area contributed by atoms with Crippen molar-refractivity contribution in [3.05, 3.63) is 39.4 Å². The van der Waals surface area contributed by atoms with Crippen molar-refractivity contribution in [1.82, 2.24) is 0 Å². The van der Waals surface area contributed by atoms with Gasteiger partial charge in [-0.15, -0.1) is 22.7 Å². The molecule has 3 heteroatoms. The van der Waals surface area contributed by atoms with E-state index < -0.39 is 0 Å². The smallest absolute Gasteiger partial charge is 0.0930 e. The summed E-state index contributed by atoms with van der Waals surface area (Å²) in [7, 11) is 0. The van der Waals surface area contributed by atoms with E-state index in [1.807, 2.05) is 17.5 Å². The molecule has 0 aliphatic carbocycles. The summed E-state index contributed by atoms with van der Waals surface area (Å²) >= 11 is 3.30. The molecular weight excluding hydrogens is 198 g/mol. The molecule has 66 valence electrons. The highest BCUT2D eigenvalue weighted by Gasteiger charge is 1.94. The molecule has 0 atom stereocenters. The second-order valence-electron chi connectivity index (χ2n) is 2.59. The van der Waals surface area contributed by atoms with E-state index in [2.05, 4.69) is 23.6 Å². The Hall–Kier alpha value is -1.06. The highest BCUT2D eigenvalue weighted by molar-refractivity contribution is 7.14. The molecule has 2 aromatic rings. The van der Waals surface area contributed by atoms with Crippen LogP contribution in [0, 0.1) is 0 Å². The average molecular weight is 207 g/mol. The molecule has 0 amide bonds. The first-order chi connectivity index (χ1) is 6.36. The van der Waals surface area contributed by atoms with Gasteiger partial charge >= 0.3 is 0 Å². The van der Waals surface area contributed by atoms with Crippen molar-refractivity contribution in [3.8, 4) is 0 Å². The zero-order valence-electron chi connectivity index (χ0n) is 6.94. The van der Waals surface area contributed by atoms with E-state index >= 15 is 0 Å². The Labute approximate surface area is 85.1 Å². The summed E-state index contributed by atoms with van der Waals surface area (Å²) in [5.74, 6) is 0. The fourth-order valence-electron chi connectivity index (χ4n) is 1.03. The van der Waals surface area contributed by atoms with Crippen molar-refractivity contribution in [2.24, 2.45) is 0 Å². The van der Waals surface area contributed by atoms with Crippen LogP contribution < -0.4 is 5.73 Å². The normalized spacial score (nSPS) is 11.1. The summed E-state index contributed by atoms with van der Waals surface area (Å²) < 4.78 is 0. The predicted octanol–water partition coefficient (Wildman–Crippen LogP) is 3.56. The molecule has 0 fully saturated rings. The van der Waals surface area contributed by atoms with Crippen LogP contribution in [0.1, 0.15) is 10.4 Å². The quantitative estimate of drug-likeness (QED) is 0.800. The molecule has 0 saturated carbocycles. The van der Waals surface area contributed by atoms with Crippen molar-refractivity contribution in [2.75, 3.05) is 5.73 Å². The van der Waals surface area contributed by atoms with Crippen LogP contribution in [0.4, 0.5) is 5.00 Å². The molecule has 0 spiro atoms. The molecule has 0 radical (unpaired) electrons. The van der Waals surface area contributed by atoms with Gasteiger partial charge in [0.25, 0.3) is 0 Å². The van der Waals surface area contributed by atoms with Gasteiger partial charge in [-0.2, -0.15) is 0 Å². The first-order valence-corrected chi connectivity index (χ1v) is 5.67. The Morgan fingerprint density at radius 2 is 2.00 bits per heavy atom. The summed E-state index contributed by atoms with van der Waals surface area (Å²) in [6.07, 6.45) is 4.14. The third-order valence-corrected chi connectivity index (χ3v) is 3.30. The second kappa shape index (κ2) is 3.77. The minimum absolute atomic E-state index is 0.882. The second-order valence-corrected chi connectivity index (χ2v) is 4.52. The summed E-state index contributed by atoms with van der Waals surface area (Å²) in [6.45, 7) is 0. The fraction of sp³-hybridized carbons (Fsp3) is 0. The zero-order chi connectivity index (χ0) is 9.10.